The van der Waals surface area contributed by atoms with E-state index in [1.807, 2.05) is 7.05 Å². The number of nitrogens with zero attached hydrogens (tertiary/aromatic N) is 3. The number of hydrogen-bond donors (Lipinski definition) is 2. The molecule has 0 fully saturated rings. The molecular formula is C10H20N4O. The summed E-state index contributed by atoms with van der Waals surface area (Å²) in [6.07, 6.45) is 2.00. The largest absolute Gasteiger partial charge is 0.388 e. The molecule has 0 aliphatic rings. The second kappa shape index (κ2) is 4.72. The molecular weight excluding hydrogens is 192 g/mol. The first-order valence-corrected chi connectivity index (χ1v) is 5.19. The summed E-state index contributed by atoms with van der Waals surface area (Å²) >= 11 is 0. The van der Waals surface area contributed by atoms with Crippen LogP contribution in [-0.2, 0) is 13.5 Å². The second-order valence-electron chi connectivity index (χ2n) is 4.51. The van der Waals surface area contributed by atoms with Crippen LogP contribution in [0.3, 0.4) is 0 Å². The lowest BCUT2D eigenvalue weighted by Crippen LogP contribution is -2.42. The number of nitrogens with one attached hydrogen (secondary N) is 1. The Morgan fingerprint density at radius 1 is 1.60 bits per heavy atom. The molecule has 0 aromatic carbocycles. The number of hydrogen-bond acceptors (Lipinski definition) is 4. The predicted octanol–water partition coefficient (Wildman–Crippen LogP) is 0.107. The van der Waals surface area contributed by atoms with Crippen molar-refractivity contribution in [2.75, 3.05) is 6.54 Å². The normalized spacial score (nSPS) is 15.6. The van der Waals surface area contributed by atoms with Gasteiger partial charge < -0.3 is 10.4 Å². The van der Waals surface area contributed by atoms with Crippen molar-refractivity contribution in [1.82, 2.24) is 20.1 Å². The molecule has 0 radical (unpaired) electrons. The Kier molecular flexibility index (Phi) is 3.82. The Morgan fingerprint density at radius 2 is 2.27 bits per heavy atom. The topological polar surface area (TPSA) is 63.0 Å². The van der Waals surface area contributed by atoms with E-state index in [1.165, 1.54) is 6.33 Å². The van der Waals surface area contributed by atoms with Crippen LogP contribution in [0, 0.1) is 0 Å². The molecule has 0 aliphatic heterocycles. The van der Waals surface area contributed by atoms with E-state index >= 15 is 0 Å². The zero-order valence-electron chi connectivity index (χ0n) is 9.86. The van der Waals surface area contributed by atoms with E-state index in [2.05, 4.69) is 29.2 Å². The molecule has 2 N–H and O–H groups in total. The first kappa shape index (κ1) is 12.1. The average molecular weight is 212 g/mol. The van der Waals surface area contributed by atoms with E-state index in [0.29, 0.717) is 19.0 Å². The fraction of sp³-hybridized carbons (Fsp3) is 0.800. The smallest absolute Gasteiger partial charge is 0.138 e. The summed E-state index contributed by atoms with van der Waals surface area (Å²) in [6.45, 7) is 6.46. The molecule has 0 saturated heterocycles. The molecule has 1 aromatic heterocycles. The van der Waals surface area contributed by atoms with Crippen LogP contribution < -0.4 is 5.32 Å². The lowest BCUT2D eigenvalue weighted by molar-refractivity contribution is 0.0552. The highest BCUT2D eigenvalue weighted by atomic mass is 16.3. The van der Waals surface area contributed by atoms with Gasteiger partial charge in [0.1, 0.15) is 12.2 Å². The molecule has 1 aromatic rings. The molecule has 0 spiro atoms. The monoisotopic (exact) mass is 212 g/mol. The first-order valence-electron chi connectivity index (χ1n) is 5.19. The third-order valence-corrected chi connectivity index (χ3v) is 2.24. The van der Waals surface area contributed by atoms with Crippen LogP contribution in [0.1, 0.15) is 26.6 Å². The number of aryl methyl sites for hydroxylation is 1. The molecule has 5 heteroatoms. The molecule has 1 unspecified atom stereocenters. The highest BCUT2D eigenvalue weighted by molar-refractivity contribution is 4.93. The van der Waals surface area contributed by atoms with Gasteiger partial charge in [0.2, 0.25) is 0 Å². The molecule has 0 aliphatic carbocycles. The molecule has 0 saturated carbocycles. The van der Waals surface area contributed by atoms with Crippen molar-refractivity contribution in [3.05, 3.63) is 12.2 Å². The molecule has 1 rings (SSSR count). The number of aromatic nitrogens is 3. The fourth-order valence-electron chi connectivity index (χ4n) is 1.31. The maximum atomic E-state index is 10.1. The van der Waals surface area contributed by atoms with Crippen LogP contribution in [0.15, 0.2) is 6.33 Å². The molecule has 86 valence electrons. The van der Waals surface area contributed by atoms with Crippen molar-refractivity contribution in [2.24, 2.45) is 7.05 Å². The average Bonchev–Trinajstić information content (AvgIpc) is 2.48. The van der Waals surface area contributed by atoms with E-state index in [4.69, 9.17) is 0 Å². The van der Waals surface area contributed by atoms with E-state index in [9.17, 15) is 5.11 Å². The summed E-state index contributed by atoms with van der Waals surface area (Å²) in [5.74, 6) is 0.797. The summed E-state index contributed by atoms with van der Waals surface area (Å²) in [7, 11) is 1.83. The van der Waals surface area contributed by atoms with Crippen LogP contribution in [0.25, 0.3) is 0 Å². The summed E-state index contributed by atoms with van der Waals surface area (Å²) in [4.78, 5) is 4.09. The van der Waals surface area contributed by atoms with E-state index in [-0.39, 0.29) is 0 Å². The Bertz CT molecular complexity index is 306. The zero-order valence-corrected chi connectivity index (χ0v) is 9.86. The number of rotatable bonds is 5. The van der Waals surface area contributed by atoms with Gasteiger partial charge in [-0.05, 0) is 6.92 Å². The quantitative estimate of drug-likeness (QED) is 0.727. The highest BCUT2D eigenvalue weighted by Gasteiger charge is 2.23. The lowest BCUT2D eigenvalue weighted by Gasteiger charge is -2.24. The van der Waals surface area contributed by atoms with Crippen LogP contribution in [0.2, 0.25) is 0 Å². The van der Waals surface area contributed by atoms with Crippen molar-refractivity contribution < 1.29 is 5.11 Å². The minimum Gasteiger partial charge on any atom is -0.388 e. The van der Waals surface area contributed by atoms with Crippen molar-refractivity contribution in [1.29, 1.82) is 0 Å². The Morgan fingerprint density at radius 3 is 2.73 bits per heavy atom. The van der Waals surface area contributed by atoms with Gasteiger partial charge in [-0.3, -0.25) is 4.68 Å². The molecule has 15 heavy (non-hydrogen) atoms. The van der Waals surface area contributed by atoms with Crippen molar-refractivity contribution >= 4 is 0 Å². The van der Waals surface area contributed by atoms with Gasteiger partial charge in [-0.1, -0.05) is 13.8 Å². The Balaban J connectivity index is 2.52. The van der Waals surface area contributed by atoms with Crippen molar-refractivity contribution in [2.45, 2.75) is 38.8 Å². The first-order chi connectivity index (χ1) is 6.91. The SMILES string of the molecule is CC(C)NCC(C)(O)Cc1ncnn1C. The summed E-state index contributed by atoms with van der Waals surface area (Å²) < 4.78 is 1.68. The minimum atomic E-state index is -0.787. The maximum Gasteiger partial charge on any atom is 0.138 e. The van der Waals surface area contributed by atoms with Crippen LogP contribution in [0.5, 0.6) is 0 Å². The highest BCUT2D eigenvalue weighted by Crippen LogP contribution is 2.09. The van der Waals surface area contributed by atoms with Crippen molar-refractivity contribution in [3.8, 4) is 0 Å². The van der Waals surface area contributed by atoms with Gasteiger partial charge in [0.25, 0.3) is 0 Å². The third-order valence-electron chi connectivity index (χ3n) is 2.24. The van der Waals surface area contributed by atoms with Gasteiger partial charge in [0, 0.05) is 26.1 Å². The standard InChI is InChI=1S/C10H20N4O/c1-8(2)11-6-10(3,15)5-9-12-7-13-14(9)4/h7-8,11,15H,5-6H2,1-4H3. The third kappa shape index (κ3) is 3.97. The molecule has 0 amide bonds. The van der Waals surface area contributed by atoms with Gasteiger partial charge in [-0.25, -0.2) is 4.98 Å². The molecule has 0 bridgehead atoms. The minimum absolute atomic E-state index is 0.371. The Labute approximate surface area is 90.5 Å². The van der Waals surface area contributed by atoms with E-state index in [1.54, 1.807) is 11.6 Å². The summed E-state index contributed by atoms with van der Waals surface area (Å²) in [5, 5.41) is 17.3. The van der Waals surface area contributed by atoms with Gasteiger partial charge in [0.15, 0.2) is 0 Å². The second-order valence-corrected chi connectivity index (χ2v) is 4.51. The van der Waals surface area contributed by atoms with Gasteiger partial charge in [-0.2, -0.15) is 5.10 Å². The van der Waals surface area contributed by atoms with Gasteiger partial charge in [0.05, 0.1) is 5.60 Å². The Hall–Kier alpha value is -0.940. The van der Waals surface area contributed by atoms with Crippen LogP contribution >= 0.6 is 0 Å². The van der Waals surface area contributed by atoms with Gasteiger partial charge in [-0.15, -0.1) is 0 Å². The van der Waals surface area contributed by atoms with Crippen LogP contribution in [0.4, 0.5) is 0 Å². The van der Waals surface area contributed by atoms with Gasteiger partial charge >= 0.3 is 0 Å². The summed E-state index contributed by atoms with van der Waals surface area (Å²) in [6, 6.07) is 0.371. The molecule has 5 nitrogen and oxygen atoms in total. The van der Waals surface area contributed by atoms with E-state index in [0.717, 1.165) is 5.82 Å². The molecule has 1 heterocycles. The van der Waals surface area contributed by atoms with E-state index < -0.39 is 5.60 Å². The maximum absolute atomic E-state index is 10.1. The lowest BCUT2D eigenvalue weighted by atomic mass is 10.0. The van der Waals surface area contributed by atoms with Crippen LogP contribution in [-0.4, -0.2) is 38.1 Å². The summed E-state index contributed by atoms with van der Waals surface area (Å²) in [5.41, 5.74) is -0.787. The molecule has 1 atom stereocenters. The fourth-order valence-corrected chi connectivity index (χ4v) is 1.31. The van der Waals surface area contributed by atoms with Crippen molar-refractivity contribution in [3.63, 3.8) is 0 Å². The predicted molar refractivity (Wildman–Crippen MR) is 58.5 cm³/mol. The zero-order chi connectivity index (χ0) is 11.5. The number of aliphatic hydroxyl groups is 1.